The first-order valence-electron chi connectivity index (χ1n) is 12.2. The van der Waals surface area contributed by atoms with Gasteiger partial charge in [-0.05, 0) is 54.0 Å². The van der Waals surface area contributed by atoms with Crippen molar-refractivity contribution in [1.82, 2.24) is 19.5 Å². The molecule has 180 valence electrons. The van der Waals surface area contributed by atoms with Crippen LogP contribution in [0.5, 0.6) is 0 Å². The van der Waals surface area contributed by atoms with E-state index in [1.807, 2.05) is 48.7 Å². The minimum absolute atomic E-state index is 0.0973. The number of nitrogens with zero attached hydrogens (tertiary/aromatic N) is 4. The molecule has 1 aliphatic rings. The topological polar surface area (TPSA) is 80.9 Å². The molecule has 2 aromatic carbocycles. The molecule has 0 amide bonds. The fourth-order valence-corrected chi connectivity index (χ4v) is 5.49. The SMILES string of the molecule is O=c1c2cc(Cc3ccc(-c4cncc(Cl)c4)nc3)c3ccccc3c2ncn1[C@H]1CCCC[C@@H]1O. The van der Waals surface area contributed by atoms with Gasteiger partial charge < -0.3 is 5.11 Å². The van der Waals surface area contributed by atoms with Crippen LogP contribution in [-0.4, -0.2) is 30.7 Å². The van der Waals surface area contributed by atoms with Gasteiger partial charge >= 0.3 is 0 Å². The second-order valence-corrected chi connectivity index (χ2v) is 9.91. The van der Waals surface area contributed by atoms with Gasteiger partial charge in [-0.15, -0.1) is 0 Å². The summed E-state index contributed by atoms with van der Waals surface area (Å²) in [6.45, 7) is 0. The van der Waals surface area contributed by atoms with Gasteiger partial charge in [0.2, 0.25) is 0 Å². The molecule has 0 aliphatic heterocycles. The van der Waals surface area contributed by atoms with Crippen LogP contribution < -0.4 is 5.56 Å². The van der Waals surface area contributed by atoms with E-state index in [9.17, 15) is 9.90 Å². The van der Waals surface area contributed by atoms with Crippen LogP contribution in [0.2, 0.25) is 5.02 Å². The summed E-state index contributed by atoms with van der Waals surface area (Å²) in [6.07, 6.45) is 10.4. The normalized spacial score (nSPS) is 18.1. The molecule has 6 rings (SSSR count). The van der Waals surface area contributed by atoms with Crippen molar-refractivity contribution in [1.29, 1.82) is 0 Å². The molecule has 5 aromatic rings. The second-order valence-electron chi connectivity index (χ2n) is 9.47. The number of aromatic nitrogens is 4. The van der Waals surface area contributed by atoms with E-state index < -0.39 is 6.10 Å². The number of hydrogen-bond donors (Lipinski definition) is 1. The highest BCUT2D eigenvalue weighted by Crippen LogP contribution is 2.31. The summed E-state index contributed by atoms with van der Waals surface area (Å²) in [5.41, 5.74) is 4.34. The molecular formula is C29H25ClN4O2. The van der Waals surface area contributed by atoms with E-state index in [2.05, 4.69) is 16.0 Å². The minimum Gasteiger partial charge on any atom is -0.391 e. The largest absolute Gasteiger partial charge is 0.391 e. The van der Waals surface area contributed by atoms with Crippen LogP contribution in [0.1, 0.15) is 42.9 Å². The number of aliphatic hydroxyl groups excluding tert-OH is 1. The average Bonchev–Trinajstić information content (AvgIpc) is 2.90. The highest BCUT2D eigenvalue weighted by molar-refractivity contribution is 6.30. The molecule has 1 aliphatic carbocycles. The number of aliphatic hydroxyl groups is 1. The maximum atomic E-state index is 13.6. The molecule has 3 aromatic heterocycles. The molecule has 1 fully saturated rings. The van der Waals surface area contributed by atoms with Crippen molar-refractivity contribution in [3.63, 3.8) is 0 Å². The summed E-state index contributed by atoms with van der Waals surface area (Å²) in [6, 6.07) is 15.7. The number of hydrogen-bond acceptors (Lipinski definition) is 5. The van der Waals surface area contributed by atoms with Crippen LogP contribution in [-0.2, 0) is 6.42 Å². The molecule has 0 saturated heterocycles. The van der Waals surface area contributed by atoms with Gasteiger partial charge in [-0.25, -0.2) is 4.98 Å². The number of halogens is 1. The Morgan fingerprint density at radius 1 is 0.944 bits per heavy atom. The predicted octanol–water partition coefficient (Wildman–Crippen LogP) is 5.73. The fraction of sp³-hybridized carbons (Fsp3) is 0.241. The van der Waals surface area contributed by atoms with Crippen molar-refractivity contribution in [2.75, 3.05) is 0 Å². The summed E-state index contributed by atoms with van der Waals surface area (Å²) in [5, 5.41) is 13.7. The zero-order chi connectivity index (χ0) is 24.6. The third kappa shape index (κ3) is 4.16. The van der Waals surface area contributed by atoms with E-state index in [0.717, 1.165) is 52.4 Å². The third-order valence-corrected chi connectivity index (χ3v) is 7.36. The minimum atomic E-state index is -0.519. The van der Waals surface area contributed by atoms with E-state index in [1.54, 1.807) is 23.3 Å². The first-order valence-corrected chi connectivity index (χ1v) is 12.6. The Hall–Kier alpha value is -3.61. The van der Waals surface area contributed by atoms with E-state index in [-0.39, 0.29) is 11.6 Å². The summed E-state index contributed by atoms with van der Waals surface area (Å²) < 4.78 is 1.64. The summed E-state index contributed by atoms with van der Waals surface area (Å²) in [7, 11) is 0. The number of rotatable bonds is 4. The highest BCUT2D eigenvalue weighted by Gasteiger charge is 2.26. The first-order chi connectivity index (χ1) is 17.6. The van der Waals surface area contributed by atoms with E-state index in [1.165, 1.54) is 0 Å². The Labute approximate surface area is 213 Å². The lowest BCUT2D eigenvalue weighted by molar-refractivity contribution is 0.0735. The van der Waals surface area contributed by atoms with Crippen LogP contribution in [0.3, 0.4) is 0 Å². The summed E-state index contributed by atoms with van der Waals surface area (Å²) in [5.74, 6) is 0. The number of pyridine rings is 2. The van der Waals surface area contributed by atoms with E-state index in [0.29, 0.717) is 28.8 Å². The quantitative estimate of drug-likeness (QED) is 0.321. The van der Waals surface area contributed by atoms with Crippen LogP contribution in [0.15, 0.2) is 78.2 Å². The average molecular weight is 497 g/mol. The van der Waals surface area contributed by atoms with Crippen LogP contribution in [0, 0.1) is 0 Å². The van der Waals surface area contributed by atoms with Gasteiger partial charge in [-0.3, -0.25) is 19.3 Å². The Kier molecular flexibility index (Phi) is 5.99. The molecule has 7 heteroatoms. The van der Waals surface area contributed by atoms with Crippen LogP contribution in [0.4, 0.5) is 0 Å². The van der Waals surface area contributed by atoms with Crippen molar-refractivity contribution in [3.8, 4) is 11.3 Å². The van der Waals surface area contributed by atoms with E-state index in [4.69, 9.17) is 16.6 Å². The van der Waals surface area contributed by atoms with Gasteiger partial charge in [0.1, 0.15) is 0 Å². The predicted molar refractivity (Wildman–Crippen MR) is 142 cm³/mol. The Balaban J connectivity index is 1.42. The van der Waals surface area contributed by atoms with Crippen molar-refractivity contribution < 1.29 is 5.11 Å². The van der Waals surface area contributed by atoms with Crippen molar-refractivity contribution in [3.05, 3.63) is 100.0 Å². The highest BCUT2D eigenvalue weighted by atomic mass is 35.5. The second kappa shape index (κ2) is 9.45. The Morgan fingerprint density at radius 3 is 2.56 bits per heavy atom. The molecule has 0 unspecified atom stereocenters. The maximum Gasteiger partial charge on any atom is 0.261 e. The van der Waals surface area contributed by atoms with Gasteiger partial charge in [0.05, 0.1) is 40.1 Å². The van der Waals surface area contributed by atoms with Gasteiger partial charge in [0, 0.05) is 29.5 Å². The fourth-order valence-electron chi connectivity index (χ4n) is 5.32. The van der Waals surface area contributed by atoms with Gasteiger partial charge in [0.15, 0.2) is 0 Å². The molecule has 1 N–H and O–H groups in total. The zero-order valence-electron chi connectivity index (χ0n) is 19.6. The molecule has 3 heterocycles. The van der Waals surface area contributed by atoms with E-state index >= 15 is 0 Å². The molecule has 0 bridgehead atoms. The number of benzene rings is 2. The molecule has 1 saturated carbocycles. The molecule has 36 heavy (non-hydrogen) atoms. The smallest absolute Gasteiger partial charge is 0.261 e. The Morgan fingerprint density at radius 2 is 1.78 bits per heavy atom. The third-order valence-electron chi connectivity index (χ3n) is 7.15. The summed E-state index contributed by atoms with van der Waals surface area (Å²) >= 11 is 6.08. The van der Waals surface area contributed by atoms with Crippen molar-refractivity contribution >= 4 is 33.3 Å². The van der Waals surface area contributed by atoms with Crippen LogP contribution >= 0.6 is 11.6 Å². The molecule has 2 atom stereocenters. The lowest BCUT2D eigenvalue weighted by Crippen LogP contribution is -2.34. The molecule has 6 nitrogen and oxygen atoms in total. The van der Waals surface area contributed by atoms with Gasteiger partial charge in [-0.1, -0.05) is 54.8 Å². The monoisotopic (exact) mass is 496 g/mol. The standard InChI is InChI=1S/C29H25ClN4O2/c30-21-12-20(15-31-16-21)25-10-9-18(14-32-25)11-19-13-24-28(23-6-2-1-5-22(19)23)33-17-34(29(24)36)26-7-3-4-8-27(26)35/h1-2,5-6,9-10,12-17,26-27,35H,3-4,7-8,11H2/t26-,27-/m0/s1. The lowest BCUT2D eigenvalue weighted by Gasteiger charge is -2.29. The zero-order valence-corrected chi connectivity index (χ0v) is 20.4. The van der Waals surface area contributed by atoms with Crippen molar-refractivity contribution in [2.24, 2.45) is 0 Å². The first kappa shape index (κ1) is 22.8. The maximum absolute atomic E-state index is 13.6. The molecule has 0 spiro atoms. The van der Waals surface area contributed by atoms with Crippen LogP contribution in [0.25, 0.3) is 32.9 Å². The van der Waals surface area contributed by atoms with Gasteiger partial charge in [-0.2, -0.15) is 0 Å². The molecule has 0 radical (unpaired) electrons. The summed E-state index contributed by atoms with van der Waals surface area (Å²) in [4.78, 5) is 27.1. The number of fused-ring (bicyclic) bond motifs is 3. The van der Waals surface area contributed by atoms with Crippen molar-refractivity contribution in [2.45, 2.75) is 44.2 Å². The van der Waals surface area contributed by atoms with Gasteiger partial charge in [0.25, 0.3) is 5.56 Å². The Bertz CT molecular complexity index is 1630. The molecular weight excluding hydrogens is 472 g/mol. The lowest BCUT2D eigenvalue weighted by atomic mass is 9.92.